The van der Waals surface area contributed by atoms with Crippen molar-refractivity contribution >= 4 is 23.3 Å². The lowest BCUT2D eigenvalue weighted by molar-refractivity contribution is -0.136. The second kappa shape index (κ2) is 9.43. The molecule has 2 rings (SSSR count). The molecule has 0 spiro atoms. The van der Waals surface area contributed by atoms with E-state index in [1.54, 1.807) is 24.5 Å². The molecule has 25 heavy (non-hydrogen) atoms. The maximum atomic E-state index is 11.8. The van der Waals surface area contributed by atoms with Gasteiger partial charge in [-0.15, -0.1) is 0 Å². The van der Waals surface area contributed by atoms with Gasteiger partial charge in [0.2, 0.25) is 0 Å². The number of carbonyl (C=O) groups excluding carboxylic acids is 2. The highest BCUT2D eigenvalue weighted by molar-refractivity contribution is 6.39. The molecule has 0 aliphatic heterocycles. The molecule has 0 aromatic carbocycles. The molecule has 0 fully saturated rings. The van der Waals surface area contributed by atoms with E-state index in [1.807, 2.05) is 25.1 Å². The number of amides is 2. The van der Waals surface area contributed by atoms with Gasteiger partial charge in [-0.05, 0) is 30.7 Å². The summed E-state index contributed by atoms with van der Waals surface area (Å²) in [7, 11) is 3.73. The van der Waals surface area contributed by atoms with Gasteiger partial charge in [0.15, 0.2) is 0 Å². The SMILES string of the molecule is CN(C)c1ccc(NC(=O)C(=O)NCCCOCc2ccco2)cn1. The van der Waals surface area contributed by atoms with Crippen molar-refractivity contribution in [1.29, 1.82) is 0 Å². The van der Waals surface area contributed by atoms with Crippen LogP contribution in [0, 0.1) is 0 Å². The van der Waals surface area contributed by atoms with Gasteiger partial charge in [0.05, 0.1) is 18.1 Å². The fourth-order valence-corrected chi connectivity index (χ4v) is 1.94. The molecule has 0 saturated heterocycles. The van der Waals surface area contributed by atoms with Crippen molar-refractivity contribution in [2.75, 3.05) is 37.5 Å². The molecule has 8 heteroatoms. The first-order chi connectivity index (χ1) is 12.1. The summed E-state index contributed by atoms with van der Waals surface area (Å²) in [5.41, 5.74) is 0.465. The van der Waals surface area contributed by atoms with Gasteiger partial charge in [-0.3, -0.25) is 9.59 Å². The van der Waals surface area contributed by atoms with Crippen LogP contribution in [0.25, 0.3) is 0 Å². The fraction of sp³-hybridized carbons (Fsp3) is 0.353. The van der Waals surface area contributed by atoms with Crippen molar-refractivity contribution in [3.05, 3.63) is 42.5 Å². The Morgan fingerprint density at radius 2 is 2.08 bits per heavy atom. The Morgan fingerprint density at radius 1 is 1.24 bits per heavy atom. The van der Waals surface area contributed by atoms with Crippen molar-refractivity contribution in [3.63, 3.8) is 0 Å². The van der Waals surface area contributed by atoms with Crippen LogP contribution in [-0.2, 0) is 20.9 Å². The number of nitrogens with one attached hydrogen (secondary N) is 2. The lowest BCUT2D eigenvalue weighted by Gasteiger charge is -2.11. The van der Waals surface area contributed by atoms with Crippen LogP contribution >= 0.6 is 0 Å². The van der Waals surface area contributed by atoms with Gasteiger partial charge in [0, 0.05) is 27.2 Å². The Morgan fingerprint density at radius 3 is 2.72 bits per heavy atom. The van der Waals surface area contributed by atoms with E-state index in [0.717, 1.165) is 11.6 Å². The molecule has 2 amide bonds. The average molecular weight is 346 g/mol. The van der Waals surface area contributed by atoms with E-state index >= 15 is 0 Å². The maximum absolute atomic E-state index is 11.8. The van der Waals surface area contributed by atoms with E-state index in [-0.39, 0.29) is 0 Å². The van der Waals surface area contributed by atoms with Crippen molar-refractivity contribution in [3.8, 4) is 0 Å². The first-order valence-electron chi connectivity index (χ1n) is 7.89. The summed E-state index contributed by atoms with van der Waals surface area (Å²) in [4.78, 5) is 29.5. The number of furan rings is 1. The number of hydrogen-bond donors (Lipinski definition) is 2. The Bertz CT molecular complexity index is 668. The van der Waals surface area contributed by atoms with Gasteiger partial charge in [-0.25, -0.2) is 4.98 Å². The molecule has 0 bridgehead atoms. The minimum Gasteiger partial charge on any atom is -0.467 e. The minimum atomic E-state index is -0.726. The number of rotatable bonds is 8. The van der Waals surface area contributed by atoms with Crippen LogP contribution in [0.4, 0.5) is 11.5 Å². The van der Waals surface area contributed by atoms with Crippen LogP contribution < -0.4 is 15.5 Å². The number of nitrogens with zero attached hydrogens (tertiary/aromatic N) is 2. The quantitative estimate of drug-likeness (QED) is 0.554. The number of hydrogen-bond acceptors (Lipinski definition) is 6. The zero-order chi connectivity index (χ0) is 18.1. The molecule has 0 aliphatic carbocycles. The van der Waals surface area contributed by atoms with E-state index in [1.165, 1.54) is 6.20 Å². The molecule has 8 nitrogen and oxygen atoms in total. The number of carbonyl (C=O) groups is 2. The van der Waals surface area contributed by atoms with Crippen molar-refractivity contribution in [2.24, 2.45) is 0 Å². The minimum absolute atomic E-state index is 0.349. The van der Waals surface area contributed by atoms with Crippen LogP contribution in [0.3, 0.4) is 0 Å². The summed E-state index contributed by atoms with van der Waals surface area (Å²) in [6.07, 6.45) is 3.68. The van der Waals surface area contributed by atoms with Crippen LogP contribution in [0.1, 0.15) is 12.2 Å². The molecule has 0 atom stereocenters. The second-order valence-corrected chi connectivity index (χ2v) is 5.50. The standard InChI is InChI=1S/C17H22N4O4/c1-21(2)15-7-6-13(11-19-15)20-17(23)16(22)18-8-4-9-24-12-14-5-3-10-25-14/h3,5-7,10-11H,4,8-9,12H2,1-2H3,(H,18,22)(H,20,23). The molecule has 2 aromatic rings. The Balaban J connectivity index is 1.62. The van der Waals surface area contributed by atoms with Crippen LogP contribution in [0.5, 0.6) is 0 Å². The zero-order valence-electron chi connectivity index (χ0n) is 14.3. The fourth-order valence-electron chi connectivity index (χ4n) is 1.94. The molecule has 2 aromatic heterocycles. The van der Waals surface area contributed by atoms with Gasteiger partial charge >= 0.3 is 11.8 Å². The first kappa shape index (κ1) is 18.5. The van der Waals surface area contributed by atoms with E-state index in [4.69, 9.17) is 9.15 Å². The molecule has 134 valence electrons. The molecular weight excluding hydrogens is 324 g/mol. The normalized spacial score (nSPS) is 10.3. The highest BCUT2D eigenvalue weighted by Gasteiger charge is 2.13. The number of anilines is 2. The van der Waals surface area contributed by atoms with Crippen molar-refractivity contribution in [1.82, 2.24) is 10.3 Å². The predicted molar refractivity (Wildman–Crippen MR) is 93.2 cm³/mol. The third kappa shape index (κ3) is 6.27. The molecule has 0 unspecified atom stereocenters. The van der Waals surface area contributed by atoms with Crippen LogP contribution in [0.15, 0.2) is 41.1 Å². The molecule has 0 saturated carbocycles. The lowest BCUT2D eigenvalue weighted by atomic mass is 10.3. The molecular formula is C17H22N4O4. The average Bonchev–Trinajstić information content (AvgIpc) is 3.11. The van der Waals surface area contributed by atoms with E-state index < -0.39 is 11.8 Å². The summed E-state index contributed by atoms with van der Waals surface area (Å²) in [5, 5.41) is 5.05. The third-order valence-corrected chi connectivity index (χ3v) is 3.25. The van der Waals surface area contributed by atoms with E-state index in [2.05, 4.69) is 15.6 Å². The highest BCUT2D eigenvalue weighted by atomic mass is 16.5. The van der Waals surface area contributed by atoms with Gasteiger partial charge in [0.1, 0.15) is 18.2 Å². The van der Waals surface area contributed by atoms with Crippen LogP contribution in [-0.4, -0.2) is 44.0 Å². The Hall–Kier alpha value is -2.87. The van der Waals surface area contributed by atoms with Gasteiger partial charge in [-0.2, -0.15) is 0 Å². The monoisotopic (exact) mass is 346 g/mol. The molecule has 0 radical (unpaired) electrons. The predicted octanol–water partition coefficient (Wildman–Crippen LogP) is 1.40. The number of ether oxygens (including phenoxy) is 1. The van der Waals surface area contributed by atoms with Crippen LogP contribution in [0.2, 0.25) is 0 Å². The zero-order valence-corrected chi connectivity index (χ0v) is 14.3. The Kier molecular flexibility index (Phi) is 6.97. The number of aromatic nitrogens is 1. The van der Waals surface area contributed by atoms with E-state index in [0.29, 0.717) is 31.9 Å². The molecule has 2 N–H and O–H groups in total. The third-order valence-electron chi connectivity index (χ3n) is 3.25. The maximum Gasteiger partial charge on any atom is 0.313 e. The molecule has 0 aliphatic rings. The lowest BCUT2D eigenvalue weighted by Crippen LogP contribution is -2.36. The summed E-state index contributed by atoms with van der Waals surface area (Å²) >= 11 is 0. The van der Waals surface area contributed by atoms with Crippen molar-refractivity contribution in [2.45, 2.75) is 13.0 Å². The first-order valence-corrected chi connectivity index (χ1v) is 7.89. The van der Waals surface area contributed by atoms with Gasteiger partial charge in [0.25, 0.3) is 0 Å². The second-order valence-electron chi connectivity index (χ2n) is 5.50. The topological polar surface area (TPSA) is 96.7 Å². The largest absolute Gasteiger partial charge is 0.467 e. The van der Waals surface area contributed by atoms with E-state index in [9.17, 15) is 9.59 Å². The smallest absolute Gasteiger partial charge is 0.313 e. The summed E-state index contributed by atoms with van der Waals surface area (Å²) in [5.74, 6) is 0.0907. The summed E-state index contributed by atoms with van der Waals surface area (Å²) in [6, 6.07) is 7.06. The molecule has 2 heterocycles. The number of pyridine rings is 1. The van der Waals surface area contributed by atoms with Gasteiger partial charge in [-0.1, -0.05) is 0 Å². The Labute approximate surface area is 146 Å². The van der Waals surface area contributed by atoms with Crippen molar-refractivity contribution < 1.29 is 18.7 Å². The summed E-state index contributed by atoms with van der Waals surface area (Å²) < 4.78 is 10.5. The van der Waals surface area contributed by atoms with Gasteiger partial charge < -0.3 is 24.7 Å². The summed E-state index contributed by atoms with van der Waals surface area (Å²) in [6.45, 7) is 1.19. The highest BCUT2D eigenvalue weighted by Crippen LogP contribution is 2.11.